The second kappa shape index (κ2) is 7.33. The molecule has 1 heterocycles. The minimum absolute atomic E-state index is 0.0372. The summed E-state index contributed by atoms with van der Waals surface area (Å²) in [5.74, 6) is -2.52. The second-order valence-corrected chi connectivity index (χ2v) is 10.8. The van der Waals surface area contributed by atoms with Gasteiger partial charge in [-0.25, -0.2) is 21.2 Å². The molecule has 1 unspecified atom stereocenters. The van der Waals surface area contributed by atoms with Crippen molar-refractivity contribution in [1.29, 1.82) is 5.26 Å². The first-order chi connectivity index (χ1) is 13.1. The molecule has 0 aromatic heterocycles. The fourth-order valence-electron chi connectivity index (χ4n) is 2.92. The van der Waals surface area contributed by atoms with Crippen LogP contribution in [-0.2, 0) is 19.7 Å². The van der Waals surface area contributed by atoms with Crippen molar-refractivity contribution >= 4 is 31.3 Å². The van der Waals surface area contributed by atoms with Gasteiger partial charge in [0.05, 0.1) is 38.8 Å². The zero-order valence-corrected chi connectivity index (χ0v) is 16.1. The molecule has 2 aromatic carbocycles. The molecule has 0 radical (unpaired) electrons. The van der Waals surface area contributed by atoms with Crippen LogP contribution in [0, 0.1) is 17.1 Å². The molecule has 2 aromatic rings. The maximum atomic E-state index is 14.2. The summed E-state index contributed by atoms with van der Waals surface area (Å²) in [6.07, 6.45) is -0.0372. The first-order valence-corrected chi connectivity index (χ1v) is 11.5. The molecular weight excluding hydrogens is 407 g/mol. The molecule has 1 atom stereocenters. The number of hydrogen-bond acceptors (Lipinski definition) is 6. The maximum absolute atomic E-state index is 14.2. The average Bonchev–Trinajstić information content (AvgIpc) is 3.02. The molecule has 0 aliphatic carbocycles. The molecular formula is C18H15FN2O5S2. The Kier molecular flexibility index (Phi) is 5.23. The number of carbonyl (C=O) groups is 1. The topological polar surface area (TPSA) is 121 Å². The van der Waals surface area contributed by atoms with Crippen molar-refractivity contribution in [1.82, 2.24) is 0 Å². The van der Waals surface area contributed by atoms with E-state index in [0.29, 0.717) is 0 Å². The highest BCUT2D eigenvalue weighted by Crippen LogP contribution is 2.27. The molecule has 1 saturated heterocycles. The third-order valence-electron chi connectivity index (χ3n) is 4.39. The summed E-state index contributed by atoms with van der Waals surface area (Å²) in [6.45, 7) is 0. The van der Waals surface area contributed by atoms with E-state index in [9.17, 15) is 26.0 Å². The Morgan fingerprint density at radius 2 is 1.96 bits per heavy atom. The lowest BCUT2D eigenvalue weighted by molar-refractivity contribution is 0.102. The van der Waals surface area contributed by atoms with E-state index in [0.717, 1.165) is 18.2 Å². The Hall–Kier alpha value is -2.77. The van der Waals surface area contributed by atoms with Crippen LogP contribution in [0.5, 0.6) is 0 Å². The number of anilines is 1. The Morgan fingerprint density at radius 1 is 1.21 bits per heavy atom. The molecule has 1 fully saturated rings. The summed E-state index contributed by atoms with van der Waals surface area (Å²) in [6, 6.07) is 10.6. The second-order valence-electron chi connectivity index (χ2n) is 6.36. The van der Waals surface area contributed by atoms with Crippen LogP contribution >= 0.6 is 0 Å². The quantitative estimate of drug-likeness (QED) is 0.752. The first-order valence-electron chi connectivity index (χ1n) is 8.18. The summed E-state index contributed by atoms with van der Waals surface area (Å²) in [5.41, 5.74) is 0.0416. The monoisotopic (exact) mass is 422 g/mol. The lowest BCUT2D eigenvalue weighted by atomic mass is 10.1. The number of rotatable bonds is 4. The van der Waals surface area contributed by atoms with Crippen molar-refractivity contribution in [3.63, 3.8) is 0 Å². The fourth-order valence-corrected chi connectivity index (χ4v) is 7.30. The van der Waals surface area contributed by atoms with E-state index in [1.54, 1.807) is 0 Å². The standard InChI is InChI=1S/C18H15FN2O5S2/c19-17-5-4-14(28(25,26)15-6-7-27(23,24)11-15)9-16(17)18(22)21-13-3-1-2-12(8-13)10-20/h1-5,8-9,15H,6-7,11H2,(H,21,22). The third-order valence-corrected chi connectivity index (χ3v) is 8.56. The molecule has 1 N–H and O–H groups in total. The Labute approximate surface area is 161 Å². The van der Waals surface area contributed by atoms with Gasteiger partial charge in [-0.3, -0.25) is 4.79 Å². The van der Waals surface area contributed by atoms with E-state index in [1.165, 1.54) is 24.3 Å². The molecule has 1 aliphatic rings. The maximum Gasteiger partial charge on any atom is 0.258 e. The van der Waals surface area contributed by atoms with E-state index in [-0.39, 0.29) is 28.3 Å². The minimum atomic E-state index is -4.03. The molecule has 10 heteroatoms. The van der Waals surface area contributed by atoms with Crippen LogP contribution in [0.25, 0.3) is 0 Å². The van der Waals surface area contributed by atoms with Crippen molar-refractivity contribution < 1.29 is 26.0 Å². The summed E-state index contributed by atoms with van der Waals surface area (Å²) >= 11 is 0. The molecule has 0 spiro atoms. The number of nitrogens with one attached hydrogen (secondary N) is 1. The van der Waals surface area contributed by atoms with Crippen LogP contribution in [0.3, 0.4) is 0 Å². The third kappa shape index (κ3) is 4.05. The Balaban J connectivity index is 1.91. The molecule has 0 saturated carbocycles. The number of nitrogens with zero attached hydrogens (tertiary/aromatic N) is 1. The summed E-state index contributed by atoms with van der Waals surface area (Å²) < 4.78 is 62.7. The highest BCUT2D eigenvalue weighted by Gasteiger charge is 2.38. The highest BCUT2D eigenvalue weighted by molar-refractivity contribution is 7.96. The number of nitriles is 1. The van der Waals surface area contributed by atoms with Crippen molar-refractivity contribution in [3.05, 3.63) is 59.4 Å². The number of sulfone groups is 2. The summed E-state index contributed by atoms with van der Waals surface area (Å²) in [4.78, 5) is 12.1. The van der Waals surface area contributed by atoms with E-state index < -0.39 is 48.0 Å². The number of hydrogen-bond donors (Lipinski definition) is 1. The summed E-state index contributed by atoms with van der Waals surface area (Å²) in [5, 5.41) is 10.2. The van der Waals surface area contributed by atoms with Gasteiger partial charge in [-0.05, 0) is 42.8 Å². The van der Waals surface area contributed by atoms with Crippen LogP contribution in [0.2, 0.25) is 0 Å². The van der Waals surface area contributed by atoms with Gasteiger partial charge in [0.25, 0.3) is 5.91 Å². The predicted molar refractivity (Wildman–Crippen MR) is 99.8 cm³/mol. The smallest absolute Gasteiger partial charge is 0.258 e. The zero-order chi connectivity index (χ0) is 20.5. The van der Waals surface area contributed by atoms with E-state index in [2.05, 4.69) is 5.32 Å². The molecule has 7 nitrogen and oxygen atoms in total. The van der Waals surface area contributed by atoms with Crippen molar-refractivity contribution in [2.45, 2.75) is 16.6 Å². The SMILES string of the molecule is N#Cc1cccc(NC(=O)c2cc(S(=O)(=O)C3CCS(=O)(=O)C3)ccc2F)c1. The van der Waals surface area contributed by atoms with Crippen LogP contribution in [-0.4, -0.2) is 39.5 Å². The molecule has 146 valence electrons. The van der Waals surface area contributed by atoms with Gasteiger partial charge in [0, 0.05) is 5.69 Å². The van der Waals surface area contributed by atoms with E-state index in [4.69, 9.17) is 5.26 Å². The van der Waals surface area contributed by atoms with Gasteiger partial charge >= 0.3 is 0 Å². The van der Waals surface area contributed by atoms with Gasteiger partial charge in [-0.1, -0.05) is 6.07 Å². The zero-order valence-electron chi connectivity index (χ0n) is 14.4. The van der Waals surface area contributed by atoms with Gasteiger partial charge in [-0.2, -0.15) is 5.26 Å². The van der Waals surface area contributed by atoms with Gasteiger partial charge in [0.2, 0.25) is 0 Å². The predicted octanol–water partition coefficient (Wildman–Crippen LogP) is 1.91. The number of amides is 1. The molecule has 1 amide bonds. The van der Waals surface area contributed by atoms with Gasteiger partial charge < -0.3 is 5.32 Å². The molecule has 28 heavy (non-hydrogen) atoms. The van der Waals surface area contributed by atoms with Crippen LogP contribution in [0.15, 0.2) is 47.4 Å². The number of halogens is 1. The van der Waals surface area contributed by atoms with Gasteiger partial charge in [0.15, 0.2) is 19.7 Å². The van der Waals surface area contributed by atoms with Crippen molar-refractivity contribution in [2.75, 3.05) is 16.8 Å². The van der Waals surface area contributed by atoms with Crippen LogP contribution in [0.4, 0.5) is 10.1 Å². The fraction of sp³-hybridized carbons (Fsp3) is 0.222. The minimum Gasteiger partial charge on any atom is -0.322 e. The van der Waals surface area contributed by atoms with Crippen LogP contribution < -0.4 is 5.32 Å². The normalized spacial score (nSPS) is 18.4. The van der Waals surface area contributed by atoms with Crippen molar-refractivity contribution in [2.24, 2.45) is 0 Å². The largest absolute Gasteiger partial charge is 0.322 e. The van der Waals surface area contributed by atoms with Crippen molar-refractivity contribution in [3.8, 4) is 6.07 Å². The highest BCUT2D eigenvalue weighted by atomic mass is 32.2. The lowest BCUT2D eigenvalue weighted by Gasteiger charge is -2.12. The first kappa shape index (κ1) is 20.0. The summed E-state index contributed by atoms with van der Waals surface area (Å²) in [7, 11) is -7.46. The lowest BCUT2D eigenvalue weighted by Crippen LogP contribution is -2.23. The number of benzene rings is 2. The Morgan fingerprint density at radius 3 is 2.61 bits per heavy atom. The number of carbonyl (C=O) groups excluding carboxylic acids is 1. The van der Waals surface area contributed by atoms with E-state index >= 15 is 0 Å². The average molecular weight is 422 g/mol. The van der Waals surface area contributed by atoms with E-state index in [1.807, 2.05) is 6.07 Å². The molecule has 1 aliphatic heterocycles. The molecule has 0 bridgehead atoms. The van der Waals surface area contributed by atoms with Gasteiger partial charge in [-0.15, -0.1) is 0 Å². The van der Waals surface area contributed by atoms with Gasteiger partial charge in [0.1, 0.15) is 5.82 Å². The Bertz CT molecular complexity index is 1200. The molecule has 3 rings (SSSR count). The van der Waals surface area contributed by atoms with Crippen LogP contribution in [0.1, 0.15) is 22.3 Å².